The molecule has 1 heterocycles. The van der Waals surface area contributed by atoms with Crippen LogP contribution in [0.3, 0.4) is 0 Å². The summed E-state index contributed by atoms with van der Waals surface area (Å²) in [6, 6.07) is 9.77. The molecule has 116 valence electrons. The monoisotopic (exact) mass is 318 g/mol. The molecule has 0 aromatic heterocycles. The molecule has 0 N–H and O–H groups in total. The summed E-state index contributed by atoms with van der Waals surface area (Å²) in [5.41, 5.74) is 2.29. The van der Waals surface area contributed by atoms with Crippen LogP contribution in [0.2, 0.25) is 0 Å². The first kappa shape index (κ1) is 16.4. The Morgan fingerprint density at radius 2 is 1.59 bits per heavy atom. The molecule has 1 aromatic rings. The van der Waals surface area contributed by atoms with Gasteiger partial charge >= 0.3 is 11.9 Å². The van der Waals surface area contributed by atoms with E-state index in [1.54, 1.807) is 0 Å². The first-order valence-corrected chi connectivity index (χ1v) is 8.44. The Hall–Kier alpha value is -1.93. The van der Waals surface area contributed by atoms with E-state index in [1.807, 2.05) is 44.2 Å². The van der Waals surface area contributed by atoms with Crippen LogP contribution >= 0.6 is 7.92 Å². The molecule has 0 amide bonds. The van der Waals surface area contributed by atoms with E-state index in [1.165, 1.54) is 14.2 Å². The van der Waals surface area contributed by atoms with Gasteiger partial charge in [-0.15, -0.1) is 0 Å². The molecule has 0 radical (unpaired) electrons. The van der Waals surface area contributed by atoms with Crippen molar-refractivity contribution in [2.24, 2.45) is 0 Å². The SMILES string of the molecule is COC(=O)C1=C(C(=O)OC)P(c2ccccc2)CC1=C(C)C. The summed E-state index contributed by atoms with van der Waals surface area (Å²) in [6.45, 7) is 3.88. The van der Waals surface area contributed by atoms with E-state index in [0.29, 0.717) is 17.0 Å². The van der Waals surface area contributed by atoms with Gasteiger partial charge in [-0.3, -0.25) is 0 Å². The van der Waals surface area contributed by atoms with Crippen molar-refractivity contribution < 1.29 is 19.1 Å². The van der Waals surface area contributed by atoms with Crippen molar-refractivity contribution in [1.82, 2.24) is 0 Å². The van der Waals surface area contributed by atoms with Crippen molar-refractivity contribution in [1.29, 1.82) is 0 Å². The molecule has 0 aliphatic carbocycles. The number of methoxy groups -OCH3 is 2. The maximum atomic E-state index is 12.3. The van der Waals surface area contributed by atoms with Crippen molar-refractivity contribution in [2.75, 3.05) is 20.4 Å². The number of benzene rings is 1. The molecule has 0 bridgehead atoms. The fourth-order valence-corrected chi connectivity index (χ4v) is 5.19. The van der Waals surface area contributed by atoms with Gasteiger partial charge in [0.2, 0.25) is 0 Å². The first-order valence-electron chi connectivity index (χ1n) is 6.91. The molecule has 0 saturated carbocycles. The highest BCUT2D eigenvalue weighted by Crippen LogP contribution is 2.55. The van der Waals surface area contributed by atoms with Gasteiger partial charge in [0.15, 0.2) is 0 Å². The summed E-state index contributed by atoms with van der Waals surface area (Å²) in [5, 5.41) is 1.50. The standard InChI is InChI=1S/C17H19O4P/c1-11(2)13-10-22(12-8-6-5-7-9-12)15(17(19)21-4)14(13)16(18)20-3/h5-9H,10H2,1-4H3. The minimum absolute atomic E-state index is 0.379. The Morgan fingerprint density at radius 1 is 1.00 bits per heavy atom. The molecule has 1 unspecified atom stereocenters. The average molecular weight is 318 g/mol. The third-order valence-corrected chi connectivity index (χ3v) is 6.06. The summed E-state index contributed by atoms with van der Waals surface area (Å²) in [6.07, 6.45) is 0.663. The van der Waals surface area contributed by atoms with Crippen molar-refractivity contribution in [3.63, 3.8) is 0 Å². The lowest BCUT2D eigenvalue weighted by atomic mass is 10.0. The van der Waals surface area contributed by atoms with Gasteiger partial charge in [0.25, 0.3) is 0 Å². The number of rotatable bonds is 3. The molecule has 0 saturated heterocycles. The fourth-order valence-electron chi connectivity index (χ4n) is 2.46. The van der Waals surface area contributed by atoms with Gasteiger partial charge in [-0.1, -0.05) is 35.9 Å². The average Bonchev–Trinajstić information content (AvgIpc) is 2.94. The van der Waals surface area contributed by atoms with Gasteiger partial charge in [0, 0.05) is 6.16 Å². The summed E-state index contributed by atoms with van der Waals surface area (Å²) in [7, 11) is 1.71. The van der Waals surface area contributed by atoms with Crippen LogP contribution in [0.25, 0.3) is 0 Å². The summed E-state index contributed by atoms with van der Waals surface area (Å²) >= 11 is 0. The zero-order valence-corrected chi connectivity index (χ0v) is 14.1. The van der Waals surface area contributed by atoms with Crippen LogP contribution in [0.1, 0.15) is 13.8 Å². The molecule has 4 nitrogen and oxygen atoms in total. The number of allylic oxidation sites excluding steroid dienone is 1. The van der Waals surface area contributed by atoms with Crippen LogP contribution in [-0.4, -0.2) is 32.3 Å². The first-order chi connectivity index (χ1) is 10.5. The van der Waals surface area contributed by atoms with E-state index in [-0.39, 0.29) is 0 Å². The van der Waals surface area contributed by atoms with Gasteiger partial charge in [0.05, 0.1) is 25.1 Å². The Kier molecular flexibility index (Phi) is 5.15. The summed E-state index contributed by atoms with van der Waals surface area (Å²) in [4.78, 5) is 24.5. The normalized spacial score (nSPS) is 17.5. The third kappa shape index (κ3) is 2.97. The van der Waals surface area contributed by atoms with Gasteiger partial charge in [-0.2, -0.15) is 0 Å². The van der Waals surface area contributed by atoms with Crippen molar-refractivity contribution in [3.05, 3.63) is 52.4 Å². The van der Waals surface area contributed by atoms with E-state index in [4.69, 9.17) is 9.47 Å². The van der Waals surface area contributed by atoms with Crippen LogP contribution < -0.4 is 5.30 Å². The maximum absolute atomic E-state index is 12.3. The van der Waals surface area contributed by atoms with Crippen LogP contribution in [-0.2, 0) is 19.1 Å². The number of carbonyl (C=O) groups excluding carboxylic acids is 2. The van der Waals surface area contributed by atoms with Gasteiger partial charge < -0.3 is 9.47 Å². The van der Waals surface area contributed by atoms with Crippen molar-refractivity contribution in [2.45, 2.75) is 13.8 Å². The van der Waals surface area contributed by atoms with E-state index in [0.717, 1.165) is 16.5 Å². The summed E-state index contributed by atoms with van der Waals surface area (Å²) in [5.74, 6) is -0.927. The number of carbonyl (C=O) groups is 2. The fraction of sp³-hybridized carbons (Fsp3) is 0.294. The van der Waals surface area contributed by atoms with Crippen LogP contribution in [0.5, 0.6) is 0 Å². The second-order valence-electron chi connectivity index (χ2n) is 5.11. The molecule has 2 rings (SSSR count). The molecule has 5 heteroatoms. The van der Waals surface area contributed by atoms with Gasteiger partial charge in [-0.25, -0.2) is 9.59 Å². The minimum Gasteiger partial charge on any atom is -0.465 e. The highest BCUT2D eigenvalue weighted by molar-refractivity contribution is 7.71. The molecule has 22 heavy (non-hydrogen) atoms. The molecular weight excluding hydrogens is 299 g/mol. The lowest BCUT2D eigenvalue weighted by molar-refractivity contribution is -0.138. The minimum atomic E-state index is -0.952. The smallest absolute Gasteiger partial charge is 0.339 e. The highest BCUT2D eigenvalue weighted by Gasteiger charge is 2.39. The maximum Gasteiger partial charge on any atom is 0.339 e. The number of esters is 2. The molecule has 1 aliphatic heterocycles. The third-order valence-electron chi connectivity index (χ3n) is 3.56. The van der Waals surface area contributed by atoms with Gasteiger partial charge in [0.1, 0.15) is 0 Å². The lowest BCUT2D eigenvalue weighted by Crippen LogP contribution is -2.13. The summed E-state index contributed by atoms with van der Waals surface area (Å²) < 4.78 is 9.82. The molecular formula is C17H19O4P. The Bertz CT molecular complexity index is 654. The Morgan fingerprint density at radius 3 is 2.09 bits per heavy atom. The predicted molar refractivity (Wildman–Crippen MR) is 87.3 cm³/mol. The van der Waals surface area contributed by atoms with Crippen molar-refractivity contribution >= 4 is 25.2 Å². The number of hydrogen-bond acceptors (Lipinski definition) is 4. The second kappa shape index (κ2) is 6.89. The van der Waals surface area contributed by atoms with E-state index < -0.39 is 19.9 Å². The topological polar surface area (TPSA) is 52.6 Å². The molecule has 1 aliphatic rings. The lowest BCUT2D eigenvalue weighted by Gasteiger charge is -2.14. The van der Waals surface area contributed by atoms with E-state index in [9.17, 15) is 9.59 Å². The van der Waals surface area contributed by atoms with Crippen LogP contribution in [0, 0.1) is 0 Å². The van der Waals surface area contributed by atoms with Gasteiger partial charge in [-0.05, 0) is 32.6 Å². The molecule has 0 spiro atoms. The number of ether oxygens (including phenoxy) is 2. The Labute approximate surface area is 131 Å². The van der Waals surface area contributed by atoms with E-state index in [2.05, 4.69) is 0 Å². The quantitative estimate of drug-likeness (QED) is 0.635. The zero-order valence-electron chi connectivity index (χ0n) is 13.2. The molecule has 0 fully saturated rings. The van der Waals surface area contributed by atoms with E-state index >= 15 is 0 Å². The largest absolute Gasteiger partial charge is 0.465 e. The molecule has 1 aromatic carbocycles. The number of hydrogen-bond donors (Lipinski definition) is 0. The van der Waals surface area contributed by atoms with Crippen molar-refractivity contribution in [3.8, 4) is 0 Å². The predicted octanol–water partition coefficient (Wildman–Crippen LogP) is 2.74. The van der Waals surface area contributed by atoms with Crippen LogP contribution in [0.4, 0.5) is 0 Å². The second-order valence-corrected chi connectivity index (χ2v) is 7.24. The Balaban J connectivity index is 2.67. The highest BCUT2D eigenvalue weighted by atomic mass is 31.1. The van der Waals surface area contributed by atoms with Crippen LogP contribution in [0.15, 0.2) is 52.4 Å². The zero-order chi connectivity index (χ0) is 16.3. The molecule has 1 atom stereocenters.